The molecule has 106 valence electrons. The molecule has 0 radical (unpaired) electrons. The minimum absolute atomic E-state index is 0.0454. The molecular formula is C16H12O5. The van der Waals surface area contributed by atoms with Crippen molar-refractivity contribution in [3.63, 3.8) is 0 Å². The Bertz CT molecular complexity index is 862. The summed E-state index contributed by atoms with van der Waals surface area (Å²) in [5, 5.41) is 28.5. The molecule has 0 fully saturated rings. The van der Waals surface area contributed by atoms with Crippen LogP contribution in [0.4, 0.5) is 0 Å². The summed E-state index contributed by atoms with van der Waals surface area (Å²) in [7, 11) is 0. The van der Waals surface area contributed by atoms with Gasteiger partial charge < -0.3 is 19.7 Å². The maximum atomic E-state index is 12.4. The van der Waals surface area contributed by atoms with E-state index in [9.17, 15) is 20.1 Å². The topological polar surface area (TPSA) is 90.9 Å². The zero-order valence-corrected chi connectivity index (χ0v) is 10.9. The lowest BCUT2D eigenvalue weighted by Gasteiger charge is -2.05. The number of hydrogen-bond acceptors (Lipinski definition) is 5. The van der Waals surface area contributed by atoms with Gasteiger partial charge in [0.25, 0.3) is 0 Å². The lowest BCUT2D eigenvalue weighted by Crippen LogP contribution is -2.09. The number of phenolic OH excluding ortho intramolecular Hbond substituents is 3. The summed E-state index contributed by atoms with van der Waals surface area (Å²) in [6.07, 6.45) is 1.63. The molecule has 0 atom stereocenters. The molecule has 1 heterocycles. The highest BCUT2D eigenvalue weighted by molar-refractivity contribution is 5.85. The summed E-state index contributed by atoms with van der Waals surface area (Å²) in [5.74, 6) is -0.335. The molecule has 3 N–H and O–H groups in total. The number of hydrogen-bond donors (Lipinski definition) is 3. The van der Waals surface area contributed by atoms with Gasteiger partial charge in [-0.3, -0.25) is 4.79 Å². The van der Waals surface area contributed by atoms with Crippen LogP contribution in [0.5, 0.6) is 17.2 Å². The Kier molecular flexibility index (Phi) is 3.02. The number of rotatable bonds is 2. The van der Waals surface area contributed by atoms with Crippen LogP contribution in [0.3, 0.4) is 0 Å². The summed E-state index contributed by atoms with van der Waals surface area (Å²) < 4.78 is 5.31. The Morgan fingerprint density at radius 2 is 1.67 bits per heavy atom. The third-order valence-corrected chi connectivity index (χ3v) is 3.24. The lowest BCUT2D eigenvalue weighted by molar-refractivity contribution is 0.451. The molecule has 0 amide bonds. The molecule has 3 aromatic rings. The van der Waals surface area contributed by atoms with Crippen LogP contribution in [-0.4, -0.2) is 15.3 Å². The SMILES string of the molecule is O=c1c(Cc2ccc(O)cc2)coc2cc(O)cc(O)c12. The minimum Gasteiger partial charge on any atom is -0.508 e. The molecular weight excluding hydrogens is 272 g/mol. The van der Waals surface area contributed by atoms with Crippen molar-refractivity contribution in [1.82, 2.24) is 0 Å². The molecule has 0 saturated carbocycles. The van der Waals surface area contributed by atoms with Gasteiger partial charge >= 0.3 is 0 Å². The summed E-state index contributed by atoms with van der Waals surface area (Å²) in [4.78, 5) is 12.4. The number of aromatic hydroxyl groups is 3. The van der Waals surface area contributed by atoms with Gasteiger partial charge in [-0.15, -0.1) is 0 Å². The normalized spacial score (nSPS) is 10.9. The first-order chi connectivity index (χ1) is 10.0. The number of phenols is 3. The molecule has 5 heteroatoms. The van der Waals surface area contributed by atoms with Crippen molar-refractivity contribution >= 4 is 11.0 Å². The molecule has 0 aliphatic carbocycles. The highest BCUT2D eigenvalue weighted by atomic mass is 16.3. The monoisotopic (exact) mass is 284 g/mol. The van der Waals surface area contributed by atoms with Gasteiger partial charge in [-0.2, -0.15) is 0 Å². The molecule has 0 bridgehead atoms. The van der Waals surface area contributed by atoms with E-state index in [2.05, 4.69) is 0 Å². The molecule has 1 aromatic heterocycles. The zero-order valence-electron chi connectivity index (χ0n) is 10.9. The van der Waals surface area contributed by atoms with E-state index in [4.69, 9.17) is 4.42 Å². The average molecular weight is 284 g/mol. The highest BCUT2D eigenvalue weighted by Crippen LogP contribution is 2.27. The van der Waals surface area contributed by atoms with Crippen molar-refractivity contribution in [2.45, 2.75) is 6.42 Å². The first-order valence-corrected chi connectivity index (χ1v) is 6.29. The van der Waals surface area contributed by atoms with Gasteiger partial charge in [-0.25, -0.2) is 0 Å². The van der Waals surface area contributed by atoms with E-state index in [1.54, 1.807) is 12.1 Å². The van der Waals surface area contributed by atoms with Crippen LogP contribution < -0.4 is 5.43 Å². The quantitative estimate of drug-likeness (QED) is 0.672. The first kappa shape index (κ1) is 13.1. The van der Waals surface area contributed by atoms with Crippen LogP contribution in [0.25, 0.3) is 11.0 Å². The van der Waals surface area contributed by atoms with Crippen molar-refractivity contribution in [2.75, 3.05) is 0 Å². The molecule has 3 rings (SSSR count). The molecule has 2 aromatic carbocycles. The van der Waals surface area contributed by atoms with E-state index < -0.39 is 0 Å². The van der Waals surface area contributed by atoms with Gasteiger partial charge in [0, 0.05) is 24.1 Å². The fourth-order valence-corrected chi connectivity index (χ4v) is 2.21. The van der Waals surface area contributed by atoms with Gasteiger partial charge in [0.1, 0.15) is 28.2 Å². The van der Waals surface area contributed by atoms with Gasteiger partial charge in [-0.1, -0.05) is 12.1 Å². The van der Waals surface area contributed by atoms with Crippen molar-refractivity contribution in [1.29, 1.82) is 0 Å². The molecule has 21 heavy (non-hydrogen) atoms. The molecule has 5 nitrogen and oxygen atoms in total. The average Bonchev–Trinajstić information content (AvgIpc) is 2.43. The van der Waals surface area contributed by atoms with Crippen molar-refractivity contribution in [3.05, 3.63) is 64.0 Å². The molecule has 0 unspecified atom stereocenters. The predicted octanol–water partition coefficient (Wildman–Crippen LogP) is 2.50. The summed E-state index contributed by atoms with van der Waals surface area (Å²) in [5.41, 5.74) is 1.00. The Morgan fingerprint density at radius 3 is 2.38 bits per heavy atom. The van der Waals surface area contributed by atoms with Crippen LogP contribution in [0.1, 0.15) is 11.1 Å². The van der Waals surface area contributed by atoms with Crippen molar-refractivity contribution in [3.8, 4) is 17.2 Å². The third-order valence-electron chi connectivity index (χ3n) is 3.24. The smallest absolute Gasteiger partial charge is 0.199 e. The second-order valence-corrected chi connectivity index (χ2v) is 4.77. The summed E-state index contributed by atoms with van der Waals surface area (Å²) in [6.45, 7) is 0. The van der Waals surface area contributed by atoms with Crippen LogP contribution in [0.15, 0.2) is 51.9 Å². The van der Waals surface area contributed by atoms with Crippen molar-refractivity contribution in [2.24, 2.45) is 0 Å². The minimum atomic E-state index is -0.346. The fourth-order valence-electron chi connectivity index (χ4n) is 2.21. The van der Waals surface area contributed by atoms with Crippen LogP contribution in [-0.2, 0) is 6.42 Å². The van der Waals surface area contributed by atoms with E-state index in [-0.39, 0.29) is 33.6 Å². The fraction of sp³-hybridized carbons (Fsp3) is 0.0625. The van der Waals surface area contributed by atoms with E-state index in [1.807, 2.05) is 0 Å². The molecule has 0 aliphatic heterocycles. The van der Waals surface area contributed by atoms with Gasteiger partial charge in [0.15, 0.2) is 5.43 Å². The summed E-state index contributed by atoms with van der Waals surface area (Å²) in [6, 6.07) is 8.86. The van der Waals surface area contributed by atoms with Crippen LogP contribution in [0, 0.1) is 0 Å². The second-order valence-electron chi connectivity index (χ2n) is 4.77. The Labute approximate surface area is 119 Å². The van der Waals surface area contributed by atoms with Crippen LogP contribution in [0.2, 0.25) is 0 Å². The molecule has 0 aliphatic rings. The Morgan fingerprint density at radius 1 is 0.952 bits per heavy atom. The number of fused-ring (bicyclic) bond motifs is 1. The van der Waals surface area contributed by atoms with E-state index in [0.717, 1.165) is 11.6 Å². The molecule has 0 spiro atoms. The predicted molar refractivity (Wildman–Crippen MR) is 76.7 cm³/mol. The Hall–Kier alpha value is -2.95. The number of benzene rings is 2. The van der Waals surface area contributed by atoms with E-state index in [1.165, 1.54) is 24.5 Å². The van der Waals surface area contributed by atoms with E-state index >= 15 is 0 Å². The van der Waals surface area contributed by atoms with Crippen LogP contribution >= 0.6 is 0 Å². The largest absolute Gasteiger partial charge is 0.508 e. The highest BCUT2D eigenvalue weighted by Gasteiger charge is 2.12. The van der Waals surface area contributed by atoms with Gasteiger partial charge in [0.2, 0.25) is 0 Å². The zero-order chi connectivity index (χ0) is 15.0. The first-order valence-electron chi connectivity index (χ1n) is 6.29. The Balaban J connectivity index is 2.10. The maximum absolute atomic E-state index is 12.4. The summed E-state index contributed by atoms with van der Waals surface area (Å²) >= 11 is 0. The van der Waals surface area contributed by atoms with Gasteiger partial charge in [0.05, 0.1) is 6.26 Å². The van der Waals surface area contributed by atoms with Crippen molar-refractivity contribution < 1.29 is 19.7 Å². The maximum Gasteiger partial charge on any atom is 0.199 e. The standard InChI is InChI=1S/C16H12O5/c17-11-3-1-9(2-4-11)5-10-8-21-14-7-12(18)6-13(19)15(14)16(10)20/h1-4,6-8,17-19H,5H2. The lowest BCUT2D eigenvalue weighted by atomic mass is 10.0. The van der Waals surface area contributed by atoms with Gasteiger partial charge in [-0.05, 0) is 17.7 Å². The third kappa shape index (κ3) is 2.41. The van der Waals surface area contributed by atoms with E-state index in [0.29, 0.717) is 12.0 Å². The molecule has 0 saturated heterocycles. The second kappa shape index (κ2) is 4.86.